The number of halogens is 2. The summed E-state index contributed by atoms with van der Waals surface area (Å²) < 4.78 is 1.58. The highest BCUT2D eigenvalue weighted by Gasteiger charge is 2.25. The molecular formula is C16H17Cl2N3O3. The van der Waals surface area contributed by atoms with E-state index in [-0.39, 0.29) is 6.42 Å². The summed E-state index contributed by atoms with van der Waals surface area (Å²) in [4.78, 5) is 24.0. The van der Waals surface area contributed by atoms with Gasteiger partial charge in [-0.3, -0.25) is 9.48 Å². The van der Waals surface area contributed by atoms with Gasteiger partial charge in [-0.05, 0) is 37.6 Å². The third-order valence-corrected chi connectivity index (χ3v) is 4.14. The summed E-state index contributed by atoms with van der Waals surface area (Å²) in [5, 5.41) is 16.9. The standard InChI is InChI=1S/C16H17Cl2N3O3/c1-8-14(9(2)21(3)20-8)15(22)19-13(16(23)24)6-10-4-11(17)7-12(18)5-10/h4-5,7,13H,6H2,1-3H3,(H,19,22)(H,23,24). The first-order valence-electron chi connectivity index (χ1n) is 7.18. The summed E-state index contributed by atoms with van der Waals surface area (Å²) in [5.74, 6) is -1.61. The number of aryl methyl sites for hydroxylation is 2. The molecule has 1 heterocycles. The van der Waals surface area contributed by atoms with Crippen LogP contribution in [0.15, 0.2) is 18.2 Å². The van der Waals surface area contributed by atoms with Crippen LogP contribution in [0.4, 0.5) is 0 Å². The van der Waals surface area contributed by atoms with E-state index in [9.17, 15) is 14.7 Å². The molecule has 1 aromatic heterocycles. The predicted octanol–water partition coefficient (Wildman–Crippen LogP) is 2.77. The average molecular weight is 370 g/mol. The summed E-state index contributed by atoms with van der Waals surface area (Å²) in [5.41, 5.74) is 2.22. The van der Waals surface area contributed by atoms with Gasteiger partial charge in [0.2, 0.25) is 0 Å². The third-order valence-electron chi connectivity index (χ3n) is 3.70. The van der Waals surface area contributed by atoms with E-state index in [4.69, 9.17) is 23.2 Å². The van der Waals surface area contributed by atoms with E-state index in [2.05, 4.69) is 10.4 Å². The molecule has 1 atom stereocenters. The number of carboxylic acids is 1. The molecule has 1 unspecified atom stereocenters. The minimum Gasteiger partial charge on any atom is -0.480 e. The van der Waals surface area contributed by atoms with Gasteiger partial charge in [-0.25, -0.2) is 4.79 Å². The Bertz CT molecular complexity index is 782. The van der Waals surface area contributed by atoms with Crippen LogP contribution in [0, 0.1) is 13.8 Å². The van der Waals surface area contributed by atoms with Gasteiger partial charge >= 0.3 is 5.97 Å². The number of aliphatic carboxylic acids is 1. The first kappa shape index (κ1) is 18.3. The number of carbonyl (C=O) groups is 2. The molecule has 0 radical (unpaired) electrons. The maximum absolute atomic E-state index is 12.5. The van der Waals surface area contributed by atoms with E-state index in [0.29, 0.717) is 32.6 Å². The molecule has 1 aromatic carbocycles. The number of nitrogens with zero attached hydrogens (tertiary/aromatic N) is 2. The molecule has 0 aliphatic heterocycles. The topological polar surface area (TPSA) is 84.2 Å². The van der Waals surface area contributed by atoms with Crippen LogP contribution < -0.4 is 5.32 Å². The second-order valence-electron chi connectivity index (χ2n) is 5.52. The minimum absolute atomic E-state index is 0.0692. The number of nitrogens with one attached hydrogen (secondary N) is 1. The second kappa shape index (κ2) is 7.23. The zero-order valence-electron chi connectivity index (χ0n) is 13.4. The smallest absolute Gasteiger partial charge is 0.326 e. The van der Waals surface area contributed by atoms with E-state index >= 15 is 0 Å². The lowest BCUT2D eigenvalue weighted by Gasteiger charge is -2.15. The van der Waals surface area contributed by atoms with Crippen LogP contribution in [0.1, 0.15) is 27.3 Å². The Morgan fingerprint density at radius 3 is 2.29 bits per heavy atom. The molecular weight excluding hydrogens is 353 g/mol. The largest absolute Gasteiger partial charge is 0.480 e. The van der Waals surface area contributed by atoms with Crippen LogP contribution in [0.2, 0.25) is 10.0 Å². The van der Waals surface area contributed by atoms with Crippen molar-refractivity contribution in [3.05, 3.63) is 50.8 Å². The van der Waals surface area contributed by atoms with Crippen molar-refractivity contribution in [2.75, 3.05) is 0 Å². The fourth-order valence-corrected chi connectivity index (χ4v) is 3.07. The maximum atomic E-state index is 12.5. The van der Waals surface area contributed by atoms with Gasteiger partial charge in [-0.1, -0.05) is 23.2 Å². The number of carbonyl (C=O) groups excluding carboxylic acids is 1. The van der Waals surface area contributed by atoms with Gasteiger partial charge in [0, 0.05) is 29.2 Å². The van der Waals surface area contributed by atoms with Gasteiger partial charge in [0.05, 0.1) is 11.3 Å². The van der Waals surface area contributed by atoms with Gasteiger partial charge < -0.3 is 10.4 Å². The molecule has 8 heteroatoms. The van der Waals surface area contributed by atoms with Crippen molar-refractivity contribution in [1.82, 2.24) is 15.1 Å². The molecule has 0 saturated carbocycles. The van der Waals surface area contributed by atoms with Crippen LogP contribution in [-0.4, -0.2) is 32.8 Å². The monoisotopic (exact) mass is 369 g/mol. The fourth-order valence-electron chi connectivity index (χ4n) is 2.50. The zero-order chi connectivity index (χ0) is 18.0. The van der Waals surface area contributed by atoms with Crippen molar-refractivity contribution < 1.29 is 14.7 Å². The molecule has 0 aliphatic carbocycles. The Hall–Kier alpha value is -2.05. The van der Waals surface area contributed by atoms with E-state index < -0.39 is 17.9 Å². The number of hydrogen-bond acceptors (Lipinski definition) is 3. The molecule has 128 valence electrons. The van der Waals surface area contributed by atoms with Crippen LogP contribution in [0.3, 0.4) is 0 Å². The molecule has 2 rings (SSSR count). The van der Waals surface area contributed by atoms with E-state index in [0.717, 1.165) is 0 Å². The van der Waals surface area contributed by atoms with E-state index in [1.54, 1.807) is 43.8 Å². The molecule has 0 saturated heterocycles. The Kier molecular flexibility index (Phi) is 5.51. The van der Waals surface area contributed by atoms with Gasteiger partial charge in [0.15, 0.2) is 0 Å². The van der Waals surface area contributed by atoms with E-state index in [1.165, 1.54) is 0 Å². The summed E-state index contributed by atoms with van der Waals surface area (Å²) >= 11 is 11.9. The van der Waals surface area contributed by atoms with Crippen LogP contribution in [0.5, 0.6) is 0 Å². The highest BCUT2D eigenvalue weighted by molar-refractivity contribution is 6.34. The van der Waals surface area contributed by atoms with Crippen molar-refractivity contribution in [2.45, 2.75) is 26.3 Å². The second-order valence-corrected chi connectivity index (χ2v) is 6.39. The quantitative estimate of drug-likeness (QED) is 0.848. The van der Waals surface area contributed by atoms with Crippen molar-refractivity contribution in [2.24, 2.45) is 7.05 Å². The molecule has 24 heavy (non-hydrogen) atoms. The van der Waals surface area contributed by atoms with Gasteiger partial charge in [0.25, 0.3) is 5.91 Å². The lowest BCUT2D eigenvalue weighted by atomic mass is 10.0. The van der Waals surface area contributed by atoms with E-state index in [1.807, 2.05) is 0 Å². The third kappa shape index (κ3) is 4.07. The Morgan fingerprint density at radius 1 is 1.25 bits per heavy atom. The molecule has 0 fully saturated rings. The van der Waals surface area contributed by atoms with Crippen molar-refractivity contribution >= 4 is 35.1 Å². The number of benzene rings is 1. The first-order chi connectivity index (χ1) is 11.2. The van der Waals surface area contributed by atoms with Crippen molar-refractivity contribution in [3.63, 3.8) is 0 Å². The average Bonchev–Trinajstić information content (AvgIpc) is 2.70. The molecule has 0 aliphatic rings. The Labute approximate surface area is 149 Å². The molecule has 6 nitrogen and oxygen atoms in total. The Balaban J connectivity index is 2.22. The normalized spacial score (nSPS) is 12.0. The summed E-state index contributed by atoms with van der Waals surface area (Å²) in [6, 6.07) is 3.70. The lowest BCUT2D eigenvalue weighted by molar-refractivity contribution is -0.139. The lowest BCUT2D eigenvalue weighted by Crippen LogP contribution is -2.42. The van der Waals surface area contributed by atoms with Crippen LogP contribution in [-0.2, 0) is 18.3 Å². The summed E-state index contributed by atoms with van der Waals surface area (Å²) in [6.07, 6.45) is 0.0692. The number of carboxylic acid groups (broad SMARTS) is 1. The Morgan fingerprint density at radius 2 is 1.83 bits per heavy atom. The van der Waals surface area contributed by atoms with Crippen molar-refractivity contribution in [3.8, 4) is 0 Å². The molecule has 2 aromatic rings. The van der Waals surface area contributed by atoms with Crippen molar-refractivity contribution in [1.29, 1.82) is 0 Å². The molecule has 1 amide bonds. The van der Waals surface area contributed by atoms with Gasteiger partial charge in [-0.15, -0.1) is 0 Å². The fraction of sp³-hybridized carbons (Fsp3) is 0.312. The van der Waals surface area contributed by atoms with Gasteiger partial charge in [0.1, 0.15) is 6.04 Å². The van der Waals surface area contributed by atoms with Crippen LogP contribution in [0.25, 0.3) is 0 Å². The number of amides is 1. The number of rotatable bonds is 5. The molecule has 2 N–H and O–H groups in total. The molecule has 0 spiro atoms. The predicted molar refractivity (Wildman–Crippen MR) is 91.7 cm³/mol. The van der Waals surface area contributed by atoms with Gasteiger partial charge in [-0.2, -0.15) is 5.10 Å². The summed E-state index contributed by atoms with van der Waals surface area (Å²) in [6.45, 7) is 3.45. The maximum Gasteiger partial charge on any atom is 0.326 e. The SMILES string of the molecule is Cc1nn(C)c(C)c1C(=O)NC(Cc1cc(Cl)cc(Cl)c1)C(=O)O. The number of hydrogen-bond donors (Lipinski definition) is 2. The zero-order valence-corrected chi connectivity index (χ0v) is 14.9. The highest BCUT2D eigenvalue weighted by atomic mass is 35.5. The molecule has 0 bridgehead atoms. The highest BCUT2D eigenvalue weighted by Crippen LogP contribution is 2.20. The first-order valence-corrected chi connectivity index (χ1v) is 7.93. The number of aromatic nitrogens is 2. The summed E-state index contributed by atoms with van der Waals surface area (Å²) in [7, 11) is 1.72. The minimum atomic E-state index is -1.14. The van der Waals surface area contributed by atoms with Crippen LogP contribution >= 0.6 is 23.2 Å².